The number of amides is 1. The fraction of sp³-hybridized carbons (Fsp3) is 0.167. The van der Waals surface area contributed by atoms with Gasteiger partial charge >= 0.3 is 12.1 Å². The molecule has 0 saturated carbocycles. The van der Waals surface area contributed by atoms with Crippen molar-refractivity contribution in [3.8, 4) is 11.1 Å². The number of carbonyl (C=O) groups is 2. The highest BCUT2D eigenvalue weighted by Crippen LogP contribution is 2.44. The molecule has 146 valence electrons. The molecule has 1 aliphatic rings. The summed E-state index contributed by atoms with van der Waals surface area (Å²) in [5, 5.41) is 9.24. The minimum Gasteiger partial charge on any atom is -0.480 e. The molecule has 1 N–H and O–H groups in total. The van der Waals surface area contributed by atoms with Crippen LogP contribution in [0, 0.1) is 6.92 Å². The van der Waals surface area contributed by atoms with E-state index in [9.17, 15) is 14.7 Å². The van der Waals surface area contributed by atoms with Gasteiger partial charge in [0.2, 0.25) is 0 Å². The van der Waals surface area contributed by atoms with E-state index in [1.54, 1.807) is 12.1 Å². The summed E-state index contributed by atoms with van der Waals surface area (Å²) in [5.41, 5.74) is 6.03. The molecule has 0 unspecified atom stereocenters. The van der Waals surface area contributed by atoms with E-state index in [0.29, 0.717) is 5.69 Å². The Morgan fingerprint density at radius 3 is 2.00 bits per heavy atom. The Balaban J connectivity index is 1.56. The van der Waals surface area contributed by atoms with Crippen LogP contribution in [0.15, 0.2) is 72.8 Å². The molecule has 0 saturated heterocycles. The van der Waals surface area contributed by atoms with Crippen LogP contribution in [0.2, 0.25) is 0 Å². The van der Waals surface area contributed by atoms with E-state index in [4.69, 9.17) is 4.74 Å². The van der Waals surface area contributed by atoms with Crippen LogP contribution in [0.25, 0.3) is 11.1 Å². The van der Waals surface area contributed by atoms with Crippen LogP contribution in [0.1, 0.15) is 22.6 Å². The van der Waals surface area contributed by atoms with Crippen molar-refractivity contribution >= 4 is 17.7 Å². The number of fused-ring (bicyclic) bond motifs is 3. The van der Waals surface area contributed by atoms with Crippen LogP contribution >= 0.6 is 0 Å². The van der Waals surface area contributed by atoms with Crippen molar-refractivity contribution < 1.29 is 19.4 Å². The van der Waals surface area contributed by atoms with Crippen molar-refractivity contribution in [1.82, 2.24) is 0 Å². The van der Waals surface area contributed by atoms with Crippen LogP contribution < -0.4 is 4.90 Å². The van der Waals surface area contributed by atoms with Gasteiger partial charge in [-0.3, -0.25) is 9.69 Å². The van der Waals surface area contributed by atoms with E-state index in [0.717, 1.165) is 32.7 Å². The van der Waals surface area contributed by atoms with Crippen molar-refractivity contribution in [2.45, 2.75) is 12.8 Å². The predicted octanol–water partition coefficient (Wildman–Crippen LogP) is 4.84. The molecule has 3 aromatic carbocycles. The molecule has 1 amide bonds. The smallest absolute Gasteiger partial charge is 0.414 e. The molecule has 0 spiro atoms. The van der Waals surface area contributed by atoms with Gasteiger partial charge in [-0.2, -0.15) is 0 Å². The van der Waals surface area contributed by atoms with Gasteiger partial charge in [0.15, 0.2) is 0 Å². The predicted molar refractivity (Wildman–Crippen MR) is 111 cm³/mol. The molecule has 5 nitrogen and oxygen atoms in total. The molecule has 4 rings (SSSR count). The van der Waals surface area contributed by atoms with Crippen LogP contribution in [0.3, 0.4) is 0 Å². The first-order valence-corrected chi connectivity index (χ1v) is 9.45. The van der Waals surface area contributed by atoms with Crippen LogP contribution in [0.5, 0.6) is 0 Å². The van der Waals surface area contributed by atoms with Crippen LogP contribution in [-0.4, -0.2) is 30.3 Å². The Morgan fingerprint density at radius 2 is 1.45 bits per heavy atom. The molecule has 29 heavy (non-hydrogen) atoms. The number of carboxylic acid groups (broad SMARTS) is 1. The third kappa shape index (κ3) is 3.72. The zero-order valence-corrected chi connectivity index (χ0v) is 16.0. The van der Waals surface area contributed by atoms with Gasteiger partial charge in [0.25, 0.3) is 0 Å². The third-order valence-corrected chi connectivity index (χ3v) is 5.20. The number of carbonyl (C=O) groups excluding carboxylic acids is 1. The SMILES string of the molecule is Cc1ccc(N(CC(=O)O)C(=O)OCC2c3ccccc3-c3ccccc32)cc1. The number of ether oxygens (including phenoxy) is 1. The van der Waals surface area contributed by atoms with Gasteiger partial charge in [-0.05, 0) is 41.3 Å². The fourth-order valence-corrected chi connectivity index (χ4v) is 3.79. The lowest BCUT2D eigenvalue weighted by atomic mass is 9.98. The Hall–Kier alpha value is -3.60. The summed E-state index contributed by atoms with van der Waals surface area (Å²) in [4.78, 5) is 25.2. The molecule has 3 aromatic rings. The zero-order chi connectivity index (χ0) is 20.4. The van der Waals surface area contributed by atoms with Gasteiger partial charge in [-0.15, -0.1) is 0 Å². The Morgan fingerprint density at radius 1 is 0.897 bits per heavy atom. The second-order valence-corrected chi connectivity index (χ2v) is 7.12. The second-order valence-electron chi connectivity index (χ2n) is 7.12. The van der Waals surface area contributed by atoms with Gasteiger partial charge in [0, 0.05) is 11.6 Å². The summed E-state index contributed by atoms with van der Waals surface area (Å²) in [7, 11) is 0. The molecule has 5 heteroatoms. The van der Waals surface area contributed by atoms with Crippen LogP contribution in [0.4, 0.5) is 10.5 Å². The number of hydrogen-bond acceptors (Lipinski definition) is 3. The molecular formula is C24H21NO4. The van der Waals surface area contributed by atoms with E-state index in [1.165, 1.54) is 0 Å². The number of nitrogens with zero attached hydrogens (tertiary/aromatic N) is 1. The minimum absolute atomic E-state index is 0.0731. The Bertz CT molecular complexity index is 1010. The van der Waals surface area contributed by atoms with E-state index >= 15 is 0 Å². The summed E-state index contributed by atoms with van der Waals surface area (Å²) in [5.74, 6) is -1.17. The Kier molecular flexibility index (Phi) is 5.04. The number of aliphatic carboxylic acids is 1. The average molecular weight is 387 g/mol. The highest BCUT2D eigenvalue weighted by Gasteiger charge is 2.30. The van der Waals surface area contributed by atoms with Crippen molar-refractivity contribution in [3.63, 3.8) is 0 Å². The van der Waals surface area contributed by atoms with Crippen molar-refractivity contribution in [2.75, 3.05) is 18.1 Å². The third-order valence-electron chi connectivity index (χ3n) is 5.20. The van der Waals surface area contributed by atoms with E-state index in [-0.39, 0.29) is 12.5 Å². The first kappa shape index (κ1) is 18.7. The van der Waals surface area contributed by atoms with E-state index in [1.807, 2.05) is 55.5 Å². The topological polar surface area (TPSA) is 66.8 Å². The molecule has 1 aliphatic carbocycles. The monoisotopic (exact) mass is 387 g/mol. The van der Waals surface area contributed by atoms with E-state index in [2.05, 4.69) is 12.1 Å². The second kappa shape index (κ2) is 7.80. The number of aryl methyl sites for hydroxylation is 1. The highest BCUT2D eigenvalue weighted by atomic mass is 16.6. The van der Waals surface area contributed by atoms with Crippen LogP contribution in [-0.2, 0) is 9.53 Å². The number of anilines is 1. The molecule has 0 heterocycles. The molecule has 0 radical (unpaired) electrons. The number of benzene rings is 3. The van der Waals surface area contributed by atoms with Crippen molar-refractivity contribution in [1.29, 1.82) is 0 Å². The molecule has 0 aromatic heterocycles. The van der Waals surface area contributed by atoms with Crippen molar-refractivity contribution in [2.24, 2.45) is 0 Å². The minimum atomic E-state index is -1.10. The lowest BCUT2D eigenvalue weighted by molar-refractivity contribution is -0.135. The first-order valence-electron chi connectivity index (χ1n) is 9.45. The molecule has 0 aliphatic heterocycles. The average Bonchev–Trinajstić information content (AvgIpc) is 3.05. The summed E-state index contributed by atoms with van der Waals surface area (Å²) in [6.45, 7) is 1.62. The quantitative estimate of drug-likeness (QED) is 0.681. The standard InChI is InChI=1S/C24H21NO4/c1-16-10-12-17(13-11-16)25(14-23(26)27)24(28)29-15-22-20-8-4-2-6-18(20)19-7-3-5-9-21(19)22/h2-13,22H,14-15H2,1H3,(H,26,27). The summed E-state index contributed by atoms with van der Waals surface area (Å²) >= 11 is 0. The largest absolute Gasteiger partial charge is 0.480 e. The first-order chi connectivity index (χ1) is 14.0. The highest BCUT2D eigenvalue weighted by molar-refractivity contribution is 5.93. The maximum Gasteiger partial charge on any atom is 0.414 e. The van der Waals surface area contributed by atoms with Gasteiger partial charge in [-0.25, -0.2) is 4.79 Å². The van der Waals surface area contributed by atoms with Gasteiger partial charge in [0.1, 0.15) is 13.2 Å². The Labute approximate surface area is 169 Å². The van der Waals surface area contributed by atoms with Gasteiger partial charge in [0.05, 0.1) is 0 Å². The lowest BCUT2D eigenvalue weighted by Crippen LogP contribution is -2.36. The lowest BCUT2D eigenvalue weighted by Gasteiger charge is -2.22. The van der Waals surface area contributed by atoms with E-state index < -0.39 is 18.6 Å². The summed E-state index contributed by atoms with van der Waals surface area (Å²) in [6, 6.07) is 23.3. The molecule has 0 bridgehead atoms. The molecule has 0 atom stereocenters. The molecular weight excluding hydrogens is 366 g/mol. The van der Waals surface area contributed by atoms with Gasteiger partial charge < -0.3 is 9.84 Å². The van der Waals surface area contributed by atoms with Crippen molar-refractivity contribution in [3.05, 3.63) is 89.5 Å². The fourth-order valence-electron chi connectivity index (χ4n) is 3.79. The summed E-state index contributed by atoms with van der Waals surface area (Å²) in [6.07, 6.45) is -0.668. The van der Waals surface area contributed by atoms with Gasteiger partial charge in [-0.1, -0.05) is 66.2 Å². The number of rotatable bonds is 5. The number of carboxylic acids is 1. The zero-order valence-electron chi connectivity index (χ0n) is 16.0. The maximum atomic E-state index is 12.8. The number of hydrogen-bond donors (Lipinski definition) is 1. The normalized spacial score (nSPS) is 12.2. The molecule has 0 fully saturated rings. The maximum absolute atomic E-state index is 12.8. The summed E-state index contributed by atoms with van der Waals surface area (Å²) < 4.78 is 5.61.